The summed E-state index contributed by atoms with van der Waals surface area (Å²) in [5.41, 5.74) is 0. The lowest BCUT2D eigenvalue weighted by Crippen LogP contribution is -2.37. The zero-order valence-corrected chi connectivity index (χ0v) is 6.24. The van der Waals surface area contributed by atoms with Crippen molar-refractivity contribution in [2.45, 2.75) is 12.5 Å². The van der Waals surface area contributed by atoms with Gasteiger partial charge in [-0.3, -0.25) is 0 Å². The molecule has 5 nitrogen and oxygen atoms in total. The van der Waals surface area contributed by atoms with Crippen LogP contribution in [0.3, 0.4) is 0 Å². The fourth-order valence-electron chi connectivity index (χ4n) is 0.661. The van der Waals surface area contributed by atoms with Crippen LogP contribution in [0.4, 0.5) is 4.79 Å². The highest BCUT2D eigenvalue weighted by atomic mass is 16.5. The maximum atomic E-state index is 10.1. The van der Waals surface area contributed by atoms with Crippen molar-refractivity contribution >= 4 is 12.4 Å². The minimum atomic E-state index is -1.14. The number of carbonyl (C=O) groups excluding carboxylic acids is 1. The molecule has 0 spiro atoms. The first kappa shape index (κ1) is 9.90. The zero-order valence-electron chi connectivity index (χ0n) is 6.24. The van der Waals surface area contributed by atoms with Crippen LogP contribution >= 0.6 is 0 Å². The van der Waals surface area contributed by atoms with E-state index in [1.54, 1.807) is 0 Å². The quantitative estimate of drug-likeness (QED) is 0.550. The molecule has 2 N–H and O–H groups in total. The Balaban J connectivity index is 3.67. The van der Waals surface area contributed by atoms with Gasteiger partial charge in [0, 0.05) is 13.5 Å². The lowest BCUT2D eigenvalue weighted by molar-refractivity contribution is -0.108. The van der Waals surface area contributed by atoms with Gasteiger partial charge < -0.3 is 20.0 Å². The van der Waals surface area contributed by atoms with Crippen LogP contribution in [0.5, 0.6) is 0 Å². The first-order valence-electron chi connectivity index (χ1n) is 3.12. The molecule has 0 unspecified atom stereocenters. The first-order chi connectivity index (χ1) is 5.20. The Morgan fingerprint density at radius 1 is 1.82 bits per heavy atom. The van der Waals surface area contributed by atoms with Gasteiger partial charge in [0.2, 0.25) is 0 Å². The summed E-state index contributed by atoms with van der Waals surface area (Å²) < 4.78 is 4.67. The Morgan fingerprint density at radius 2 is 2.45 bits per heavy atom. The van der Waals surface area contributed by atoms with Gasteiger partial charge in [0.1, 0.15) is 6.29 Å². The minimum Gasteiger partial charge on any atom is -0.465 e. The molecule has 0 aromatic carbocycles. The van der Waals surface area contributed by atoms with Crippen molar-refractivity contribution in [2.75, 3.05) is 13.7 Å². The second-order valence-corrected chi connectivity index (χ2v) is 2.00. The second kappa shape index (κ2) is 5.67. The average molecular weight is 161 g/mol. The third kappa shape index (κ3) is 5.35. The fourth-order valence-corrected chi connectivity index (χ4v) is 0.661. The Morgan fingerprint density at radius 3 is 2.82 bits per heavy atom. The van der Waals surface area contributed by atoms with Crippen molar-refractivity contribution in [2.24, 2.45) is 0 Å². The van der Waals surface area contributed by atoms with Crippen molar-refractivity contribution in [1.82, 2.24) is 5.32 Å². The standard InChI is InChI=1S/C6H11NO4/c1-11-4-5(2-3-8)7-6(9)10/h3,5,7H,2,4H2,1H3,(H,9,10)/t5-/m0/s1. The van der Waals surface area contributed by atoms with E-state index in [2.05, 4.69) is 10.1 Å². The first-order valence-corrected chi connectivity index (χ1v) is 3.12. The molecule has 0 aromatic heterocycles. The van der Waals surface area contributed by atoms with E-state index in [9.17, 15) is 9.59 Å². The van der Waals surface area contributed by atoms with Crippen LogP contribution in [-0.2, 0) is 9.53 Å². The van der Waals surface area contributed by atoms with Crippen molar-refractivity contribution < 1.29 is 19.4 Å². The molecule has 0 saturated carbocycles. The van der Waals surface area contributed by atoms with Crippen LogP contribution in [0.1, 0.15) is 6.42 Å². The van der Waals surface area contributed by atoms with Gasteiger partial charge in [0.15, 0.2) is 0 Å². The third-order valence-corrected chi connectivity index (χ3v) is 1.08. The summed E-state index contributed by atoms with van der Waals surface area (Å²) in [6.07, 6.45) is -0.353. The van der Waals surface area contributed by atoms with Crippen molar-refractivity contribution in [3.05, 3.63) is 0 Å². The van der Waals surface area contributed by atoms with E-state index >= 15 is 0 Å². The predicted octanol–water partition coefficient (Wildman–Crippen LogP) is -0.142. The van der Waals surface area contributed by atoms with Gasteiger partial charge in [-0.2, -0.15) is 0 Å². The van der Waals surface area contributed by atoms with E-state index < -0.39 is 12.1 Å². The van der Waals surface area contributed by atoms with E-state index in [0.717, 1.165) is 0 Å². The summed E-state index contributed by atoms with van der Waals surface area (Å²) in [4.78, 5) is 20.1. The van der Waals surface area contributed by atoms with E-state index in [-0.39, 0.29) is 13.0 Å². The highest BCUT2D eigenvalue weighted by Crippen LogP contribution is 1.88. The molecule has 1 atom stereocenters. The Bertz CT molecular complexity index is 137. The SMILES string of the molecule is COC[C@H](CC=O)NC(=O)O. The molecule has 0 fully saturated rings. The Kier molecular flexibility index (Phi) is 5.10. The lowest BCUT2D eigenvalue weighted by Gasteiger charge is -2.11. The number of carboxylic acid groups (broad SMARTS) is 1. The number of amides is 1. The number of nitrogens with one attached hydrogen (secondary N) is 1. The molecule has 0 heterocycles. The minimum absolute atomic E-state index is 0.139. The maximum Gasteiger partial charge on any atom is 0.404 e. The number of aldehydes is 1. The molecule has 0 rings (SSSR count). The van der Waals surface area contributed by atoms with Gasteiger partial charge in [-0.1, -0.05) is 0 Å². The van der Waals surface area contributed by atoms with Crippen molar-refractivity contribution in [3.63, 3.8) is 0 Å². The molecule has 0 bridgehead atoms. The number of rotatable bonds is 5. The summed E-state index contributed by atoms with van der Waals surface area (Å²) in [6, 6.07) is -0.435. The monoisotopic (exact) mass is 161 g/mol. The summed E-state index contributed by atoms with van der Waals surface area (Å²) >= 11 is 0. The smallest absolute Gasteiger partial charge is 0.404 e. The largest absolute Gasteiger partial charge is 0.465 e. The van der Waals surface area contributed by atoms with Crippen LogP contribution in [0.2, 0.25) is 0 Å². The second-order valence-electron chi connectivity index (χ2n) is 2.00. The molecule has 64 valence electrons. The Labute approximate surface area is 64.3 Å². The van der Waals surface area contributed by atoms with Gasteiger partial charge in [-0.15, -0.1) is 0 Å². The van der Waals surface area contributed by atoms with Gasteiger partial charge in [0.25, 0.3) is 0 Å². The number of carbonyl (C=O) groups is 2. The van der Waals surface area contributed by atoms with E-state index in [0.29, 0.717) is 6.29 Å². The summed E-state index contributed by atoms with van der Waals surface area (Å²) in [6.45, 7) is 0.213. The number of ether oxygens (including phenoxy) is 1. The Hall–Kier alpha value is -1.10. The molecule has 0 radical (unpaired) electrons. The van der Waals surface area contributed by atoms with Gasteiger partial charge >= 0.3 is 6.09 Å². The van der Waals surface area contributed by atoms with Crippen LogP contribution in [-0.4, -0.2) is 37.2 Å². The number of hydrogen-bond donors (Lipinski definition) is 2. The molecule has 0 aliphatic rings. The number of hydrogen-bond acceptors (Lipinski definition) is 3. The van der Waals surface area contributed by atoms with Crippen molar-refractivity contribution in [1.29, 1.82) is 0 Å². The molecular formula is C6H11NO4. The van der Waals surface area contributed by atoms with E-state index in [1.807, 2.05) is 0 Å². The third-order valence-electron chi connectivity index (χ3n) is 1.08. The normalized spacial score (nSPS) is 12.1. The summed E-state index contributed by atoms with van der Waals surface area (Å²) in [5, 5.41) is 10.4. The molecule has 1 amide bonds. The lowest BCUT2D eigenvalue weighted by atomic mass is 10.2. The van der Waals surface area contributed by atoms with Gasteiger partial charge in [-0.05, 0) is 0 Å². The summed E-state index contributed by atoms with van der Waals surface area (Å²) in [5.74, 6) is 0. The van der Waals surface area contributed by atoms with Crippen LogP contribution in [0.15, 0.2) is 0 Å². The average Bonchev–Trinajstić information content (AvgIpc) is 1.87. The molecule has 0 aliphatic carbocycles. The molecular weight excluding hydrogens is 150 g/mol. The fraction of sp³-hybridized carbons (Fsp3) is 0.667. The highest BCUT2D eigenvalue weighted by Gasteiger charge is 2.09. The van der Waals surface area contributed by atoms with Gasteiger partial charge in [-0.25, -0.2) is 4.79 Å². The molecule has 0 saturated heterocycles. The van der Waals surface area contributed by atoms with E-state index in [4.69, 9.17) is 5.11 Å². The highest BCUT2D eigenvalue weighted by molar-refractivity contribution is 5.65. The number of methoxy groups -OCH3 is 1. The molecule has 0 aliphatic heterocycles. The predicted molar refractivity (Wildman–Crippen MR) is 37.5 cm³/mol. The molecule has 0 aromatic rings. The van der Waals surface area contributed by atoms with Crippen LogP contribution in [0.25, 0.3) is 0 Å². The van der Waals surface area contributed by atoms with Crippen molar-refractivity contribution in [3.8, 4) is 0 Å². The van der Waals surface area contributed by atoms with E-state index in [1.165, 1.54) is 7.11 Å². The molecule has 11 heavy (non-hydrogen) atoms. The van der Waals surface area contributed by atoms with Crippen LogP contribution in [0, 0.1) is 0 Å². The maximum absolute atomic E-state index is 10.1. The zero-order chi connectivity index (χ0) is 8.69. The van der Waals surface area contributed by atoms with Gasteiger partial charge in [0.05, 0.1) is 12.6 Å². The topological polar surface area (TPSA) is 75.6 Å². The molecule has 5 heteroatoms. The van der Waals surface area contributed by atoms with Crippen LogP contribution < -0.4 is 5.32 Å². The summed E-state index contributed by atoms with van der Waals surface area (Å²) in [7, 11) is 1.45.